The number of nitrogens with zero attached hydrogens (tertiary/aromatic N) is 2. The van der Waals surface area contributed by atoms with Crippen LogP contribution in [0, 0.1) is 27.7 Å². The number of carbonyl (C=O) groups is 1. The Hall–Kier alpha value is -2.53. The molecule has 1 amide bonds. The van der Waals surface area contributed by atoms with Crippen molar-refractivity contribution in [3.05, 3.63) is 70.5 Å². The van der Waals surface area contributed by atoms with Gasteiger partial charge in [0.15, 0.2) is 0 Å². The molecule has 0 aliphatic rings. The van der Waals surface area contributed by atoms with Gasteiger partial charge in [0.05, 0.1) is 5.69 Å². The van der Waals surface area contributed by atoms with Gasteiger partial charge in [-0.2, -0.15) is 5.10 Å². The number of amides is 1. The largest absolute Gasteiger partial charge is 0.326 e. The molecule has 0 aliphatic heterocycles. The van der Waals surface area contributed by atoms with Crippen molar-refractivity contribution in [1.82, 2.24) is 9.78 Å². The Bertz CT molecular complexity index is 990. The van der Waals surface area contributed by atoms with Gasteiger partial charge in [0.1, 0.15) is 0 Å². The average Bonchev–Trinajstić information content (AvgIpc) is 2.89. The predicted octanol–water partition coefficient (Wildman–Crippen LogP) is 5.38. The predicted molar refractivity (Wildman–Crippen MR) is 116 cm³/mol. The zero-order valence-corrected chi connectivity index (χ0v) is 18.0. The number of benzene rings is 2. The second-order valence-corrected chi connectivity index (χ2v) is 8.33. The summed E-state index contributed by atoms with van der Waals surface area (Å²) in [5.41, 5.74) is 6.67. The van der Waals surface area contributed by atoms with Crippen LogP contribution in [0.4, 0.5) is 5.69 Å². The summed E-state index contributed by atoms with van der Waals surface area (Å²) in [4.78, 5) is 14.7. The number of hydrogen-bond acceptors (Lipinski definition) is 3. The fourth-order valence-corrected chi connectivity index (χ4v) is 4.17. The minimum absolute atomic E-state index is 0.0254. The molecule has 0 atom stereocenters. The van der Waals surface area contributed by atoms with Gasteiger partial charge < -0.3 is 5.32 Å². The van der Waals surface area contributed by atoms with Crippen molar-refractivity contribution in [3.63, 3.8) is 0 Å². The molecule has 5 heteroatoms. The van der Waals surface area contributed by atoms with Gasteiger partial charge in [0, 0.05) is 34.6 Å². The molecule has 1 aromatic heterocycles. The lowest BCUT2D eigenvalue weighted by atomic mass is 10.1. The van der Waals surface area contributed by atoms with Crippen LogP contribution in [-0.2, 0) is 18.3 Å². The number of carbonyl (C=O) groups excluding carboxylic acids is 1. The lowest BCUT2D eigenvalue weighted by molar-refractivity contribution is -0.116. The van der Waals surface area contributed by atoms with E-state index in [1.807, 2.05) is 37.7 Å². The van der Waals surface area contributed by atoms with E-state index >= 15 is 0 Å². The van der Waals surface area contributed by atoms with E-state index in [0.717, 1.165) is 27.5 Å². The maximum atomic E-state index is 12.3. The van der Waals surface area contributed by atoms with Crippen molar-refractivity contribution >= 4 is 23.4 Å². The Morgan fingerprint density at radius 1 is 1.07 bits per heavy atom. The van der Waals surface area contributed by atoms with Crippen molar-refractivity contribution in [2.24, 2.45) is 7.05 Å². The summed E-state index contributed by atoms with van der Waals surface area (Å²) in [5.74, 6) is 0.0254. The van der Waals surface area contributed by atoms with Crippen molar-refractivity contribution in [2.45, 2.75) is 50.3 Å². The van der Waals surface area contributed by atoms with E-state index in [-0.39, 0.29) is 5.91 Å². The molecule has 3 rings (SSSR count). The minimum atomic E-state index is 0.0254. The molecule has 0 saturated heterocycles. The second kappa shape index (κ2) is 8.65. The number of nitrogens with one attached hydrogen (secondary N) is 1. The van der Waals surface area contributed by atoms with Crippen molar-refractivity contribution < 1.29 is 4.79 Å². The summed E-state index contributed by atoms with van der Waals surface area (Å²) in [7, 11) is 1.93. The summed E-state index contributed by atoms with van der Waals surface area (Å²) in [6.45, 7) is 8.28. The molecule has 3 aromatic rings. The highest BCUT2D eigenvalue weighted by molar-refractivity contribution is 7.99. The van der Waals surface area contributed by atoms with E-state index in [1.54, 1.807) is 11.8 Å². The molecule has 146 valence electrons. The molecule has 0 aliphatic carbocycles. The van der Waals surface area contributed by atoms with Crippen LogP contribution in [0.25, 0.3) is 0 Å². The first-order valence-electron chi connectivity index (χ1n) is 9.47. The Morgan fingerprint density at radius 3 is 2.39 bits per heavy atom. The minimum Gasteiger partial charge on any atom is -0.326 e. The van der Waals surface area contributed by atoms with Gasteiger partial charge in [-0.3, -0.25) is 9.48 Å². The Morgan fingerprint density at radius 2 is 1.79 bits per heavy atom. The van der Waals surface area contributed by atoms with Gasteiger partial charge >= 0.3 is 0 Å². The van der Waals surface area contributed by atoms with Crippen LogP contribution < -0.4 is 5.32 Å². The van der Waals surface area contributed by atoms with Crippen molar-refractivity contribution in [1.29, 1.82) is 0 Å². The van der Waals surface area contributed by atoms with Gasteiger partial charge in [-0.05, 0) is 75.6 Å². The lowest BCUT2D eigenvalue weighted by Gasteiger charge is -2.09. The van der Waals surface area contributed by atoms with Gasteiger partial charge in [-0.15, -0.1) is 0 Å². The van der Waals surface area contributed by atoms with Crippen LogP contribution in [0.3, 0.4) is 0 Å². The SMILES string of the molecule is Cc1ccc(Sc2ccc(NC(=O)CCc3c(C)nn(C)c3C)cc2)c(C)c1. The molecule has 28 heavy (non-hydrogen) atoms. The van der Waals surface area contributed by atoms with Crippen LogP contribution in [0.5, 0.6) is 0 Å². The van der Waals surface area contributed by atoms with Gasteiger partial charge in [0.25, 0.3) is 0 Å². The van der Waals surface area contributed by atoms with E-state index in [2.05, 4.69) is 54.6 Å². The third kappa shape index (κ3) is 4.84. The first kappa shape index (κ1) is 20.2. The smallest absolute Gasteiger partial charge is 0.224 e. The first-order valence-corrected chi connectivity index (χ1v) is 10.3. The molecule has 1 heterocycles. The summed E-state index contributed by atoms with van der Waals surface area (Å²) in [5, 5.41) is 7.40. The molecule has 4 nitrogen and oxygen atoms in total. The zero-order chi connectivity index (χ0) is 20.3. The maximum absolute atomic E-state index is 12.3. The molecular weight excluding hydrogens is 366 g/mol. The molecule has 0 spiro atoms. The zero-order valence-electron chi connectivity index (χ0n) is 17.2. The van der Waals surface area contributed by atoms with E-state index in [4.69, 9.17) is 0 Å². The maximum Gasteiger partial charge on any atom is 0.224 e. The molecule has 1 N–H and O–H groups in total. The summed E-state index contributed by atoms with van der Waals surface area (Å²) in [6, 6.07) is 14.5. The van der Waals surface area contributed by atoms with Gasteiger partial charge in [-0.1, -0.05) is 29.5 Å². The fourth-order valence-electron chi connectivity index (χ4n) is 3.29. The van der Waals surface area contributed by atoms with E-state index in [1.165, 1.54) is 16.0 Å². The first-order chi connectivity index (χ1) is 13.3. The highest BCUT2D eigenvalue weighted by Crippen LogP contribution is 2.31. The van der Waals surface area contributed by atoms with E-state index < -0.39 is 0 Å². The number of aromatic nitrogens is 2. The Balaban J connectivity index is 1.57. The fraction of sp³-hybridized carbons (Fsp3) is 0.304. The molecular formula is C23H27N3OS. The molecule has 0 bridgehead atoms. The number of anilines is 1. The lowest BCUT2D eigenvalue weighted by Crippen LogP contribution is -2.12. The highest BCUT2D eigenvalue weighted by Gasteiger charge is 2.11. The van der Waals surface area contributed by atoms with Crippen LogP contribution in [-0.4, -0.2) is 15.7 Å². The second-order valence-electron chi connectivity index (χ2n) is 7.22. The van der Waals surface area contributed by atoms with Crippen molar-refractivity contribution in [3.8, 4) is 0 Å². The molecule has 2 aromatic carbocycles. The Kier molecular flexibility index (Phi) is 6.25. The van der Waals surface area contributed by atoms with Crippen LogP contribution in [0.15, 0.2) is 52.3 Å². The quantitative estimate of drug-likeness (QED) is 0.612. The van der Waals surface area contributed by atoms with E-state index in [0.29, 0.717) is 12.8 Å². The molecule has 0 saturated carbocycles. The van der Waals surface area contributed by atoms with Crippen LogP contribution in [0.1, 0.15) is 34.5 Å². The molecule has 0 unspecified atom stereocenters. The topological polar surface area (TPSA) is 46.9 Å². The summed E-state index contributed by atoms with van der Waals surface area (Å²) < 4.78 is 1.87. The molecule has 0 radical (unpaired) electrons. The standard InChI is InChI=1S/C23H27N3OS/c1-15-6-12-22(16(2)14-15)28-20-9-7-19(8-10-20)24-23(27)13-11-21-17(3)25-26(5)18(21)4/h6-10,12,14H,11,13H2,1-5H3,(H,24,27). The van der Waals surface area contributed by atoms with Gasteiger partial charge in [0.2, 0.25) is 5.91 Å². The monoisotopic (exact) mass is 393 g/mol. The number of hydrogen-bond donors (Lipinski definition) is 1. The summed E-state index contributed by atoms with van der Waals surface area (Å²) >= 11 is 1.74. The third-order valence-corrected chi connectivity index (χ3v) is 6.14. The summed E-state index contributed by atoms with van der Waals surface area (Å²) in [6.07, 6.45) is 1.16. The number of rotatable bonds is 6. The average molecular weight is 394 g/mol. The van der Waals surface area contributed by atoms with Gasteiger partial charge in [-0.25, -0.2) is 0 Å². The van der Waals surface area contributed by atoms with E-state index in [9.17, 15) is 4.79 Å². The third-order valence-electron chi connectivity index (χ3n) is 4.96. The Labute approximate surface area is 171 Å². The number of aryl methyl sites for hydroxylation is 4. The molecule has 0 fully saturated rings. The van der Waals surface area contributed by atoms with Crippen molar-refractivity contribution in [2.75, 3.05) is 5.32 Å². The van der Waals surface area contributed by atoms with Crippen LogP contribution in [0.2, 0.25) is 0 Å². The highest BCUT2D eigenvalue weighted by atomic mass is 32.2. The normalized spacial score (nSPS) is 10.9. The van der Waals surface area contributed by atoms with Crippen LogP contribution >= 0.6 is 11.8 Å².